The highest BCUT2D eigenvalue weighted by molar-refractivity contribution is 5.77. The molecule has 4 aromatic rings. The molecular weight excluding hydrogens is 352 g/mol. The molecule has 0 saturated heterocycles. The first kappa shape index (κ1) is 17.9. The van der Waals surface area contributed by atoms with E-state index in [-0.39, 0.29) is 11.9 Å². The van der Waals surface area contributed by atoms with Gasteiger partial charge in [-0.15, -0.1) is 0 Å². The van der Waals surface area contributed by atoms with Gasteiger partial charge in [-0.25, -0.2) is 14.6 Å². The molecule has 2 aromatic heterocycles. The van der Waals surface area contributed by atoms with E-state index in [4.69, 9.17) is 0 Å². The van der Waals surface area contributed by atoms with Crippen molar-refractivity contribution in [2.75, 3.05) is 7.05 Å². The number of carbonyl (C=O) groups excluding carboxylic acids is 1. The number of rotatable bonds is 6. The van der Waals surface area contributed by atoms with Gasteiger partial charge >= 0.3 is 0 Å². The summed E-state index contributed by atoms with van der Waals surface area (Å²) in [6.07, 6.45) is 4.17. The summed E-state index contributed by atoms with van der Waals surface area (Å²) < 4.78 is 1.71. The van der Waals surface area contributed by atoms with Crippen LogP contribution in [-0.4, -0.2) is 42.6 Å². The molecular formula is C21H22N6O. The number of aromatic amines is 1. The Morgan fingerprint density at radius 2 is 1.96 bits per heavy atom. The van der Waals surface area contributed by atoms with E-state index >= 15 is 0 Å². The van der Waals surface area contributed by atoms with Crippen molar-refractivity contribution in [3.63, 3.8) is 0 Å². The third-order valence-electron chi connectivity index (χ3n) is 5.05. The average molecular weight is 374 g/mol. The maximum absolute atomic E-state index is 12.7. The van der Waals surface area contributed by atoms with Crippen LogP contribution < -0.4 is 0 Å². The lowest BCUT2D eigenvalue weighted by molar-refractivity contribution is -0.131. The van der Waals surface area contributed by atoms with Gasteiger partial charge < -0.3 is 9.88 Å². The van der Waals surface area contributed by atoms with Crippen LogP contribution in [0.4, 0.5) is 0 Å². The third-order valence-corrected chi connectivity index (χ3v) is 5.05. The summed E-state index contributed by atoms with van der Waals surface area (Å²) in [5, 5.41) is 4.13. The number of aromatic nitrogens is 5. The number of para-hydroxylation sites is 2. The Bertz CT molecular complexity index is 1030. The topological polar surface area (TPSA) is 79.7 Å². The molecule has 1 amide bonds. The molecule has 28 heavy (non-hydrogen) atoms. The van der Waals surface area contributed by atoms with Gasteiger partial charge in [0.05, 0.1) is 22.8 Å². The molecule has 0 aliphatic rings. The maximum atomic E-state index is 12.7. The molecule has 0 aliphatic carbocycles. The second kappa shape index (κ2) is 7.64. The van der Waals surface area contributed by atoms with E-state index in [1.54, 1.807) is 15.9 Å². The lowest BCUT2D eigenvalue weighted by Crippen LogP contribution is -2.29. The van der Waals surface area contributed by atoms with Gasteiger partial charge in [0.1, 0.15) is 18.5 Å². The van der Waals surface area contributed by atoms with Crippen molar-refractivity contribution in [1.29, 1.82) is 0 Å². The number of hydrogen-bond acceptors (Lipinski definition) is 4. The predicted octanol–water partition coefficient (Wildman–Crippen LogP) is 3.30. The fourth-order valence-electron chi connectivity index (χ4n) is 3.21. The number of fused-ring (bicyclic) bond motifs is 1. The molecule has 7 heteroatoms. The normalized spacial score (nSPS) is 12.2. The zero-order valence-corrected chi connectivity index (χ0v) is 15.9. The highest BCUT2D eigenvalue weighted by atomic mass is 16.2. The molecule has 0 radical (unpaired) electrons. The lowest BCUT2D eigenvalue weighted by Gasteiger charge is -2.25. The molecule has 0 aliphatic heterocycles. The van der Waals surface area contributed by atoms with Gasteiger partial charge in [0.15, 0.2) is 0 Å². The van der Waals surface area contributed by atoms with Crippen molar-refractivity contribution >= 4 is 16.9 Å². The summed E-state index contributed by atoms with van der Waals surface area (Å²) in [5.41, 5.74) is 3.94. The number of nitrogens with zero attached hydrogens (tertiary/aromatic N) is 5. The van der Waals surface area contributed by atoms with E-state index in [0.717, 1.165) is 28.1 Å². The van der Waals surface area contributed by atoms with E-state index in [9.17, 15) is 4.79 Å². The van der Waals surface area contributed by atoms with Crippen molar-refractivity contribution in [3.05, 3.63) is 72.6 Å². The van der Waals surface area contributed by atoms with Crippen LogP contribution in [0, 0.1) is 0 Å². The van der Waals surface area contributed by atoms with Gasteiger partial charge in [-0.3, -0.25) is 4.79 Å². The third kappa shape index (κ3) is 3.64. The largest absolute Gasteiger partial charge is 0.342 e. The summed E-state index contributed by atoms with van der Waals surface area (Å²) in [6.45, 7) is 2.03. The Morgan fingerprint density at radius 1 is 1.18 bits per heavy atom. The zero-order valence-electron chi connectivity index (χ0n) is 15.9. The van der Waals surface area contributed by atoms with Crippen LogP contribution >= 0.6 is 0 Å². The van der Waals surface area contributed by atoms with Gasteiger partial charge in [-0.1, -0.05) is 24.3 Å². The molecule has 2 heterocycles. The van der Waals surface area contributed by atoms with Crippen molar-refractivity contribution in [2.24, 2.45) is 0 Å². The van der Waals surface area contributed by atoms with E-state index in [1.165, 1.54) is 6.33 Å². The van der Waals surface area contributed by atoms with Crippen molar-refractivity contribution < 1.29 is 4.79 Å². The Balaban J connectivity index is 1.38. The predicted molar refractivity (Wildman–Crippen MR) is 107 cm³/mol. The fourth-order valence-corrected chi connectivity index (χ4v) is 3.21. The van der Waals surface area contributed by atoms with E-state index in [1.807, 2.05) is 62.5 Å². The first-order chi connectivity index (χ1) is 13.6. The van der Waals surface area contributed by atoms with Gasteiger partial charge in [0.2, 0.25) is 5.91 Å². The monoisotopic (exact) mass is 374 g/mol. The van der Waals surface area contributed by atoms with Crippen molar-refractivity contribution in [2.45, 2.75) is 25.8 Å². The second-order valence-electron chi connectivity index (χ2n) is 6.81. The number of H-pyrrole nitrogens is 1. The lowest BCUT2D eigenvalue weighted by atomic mass is 10.1. The SMILES string of the molecule is C[C@@H](c1ccc(-n2cncn2)cc1)N(C)C(=O)CCc1nc2ccccc2[nH]1. The minimum absolute atomic E-state index is 0.0204. The molecule has 0 spiro atoms. The number of aryl methyl sites for hydroxylation is 1. The van der Waals surface area contributed by atoms with E-state index in [2.05, 4.69) is 20.1 Å². The van der Waals surface area contributed by atoms with Crippen LogP contribution in [0.15, 0.2) is 61.2 Å². The highest BCUT2D eigenvalue weighted by Gasteiger charge is 2.18. The molecule has 142 valence electrons. The number of carbonyl (C=O) groups is 1. The van der Waals surface area contributed by atoms with Gasteiger partial charge in [-0.2, -0.15) is 5.10 Å². The van der Waals surface area contributed by atoms with Crippen molar-refractivity contribution in [1.82, 2.24) is 29.6 Å². The molecule has 0 saturated carbocycles. The molecule has 0 unspecified atom stereocenters. The van der Waals surface area contributed by atoms with Crippen LogP contribution in [0.1, 0.15) is 30.8 Å². The number of imidazole rings is 1. The molecule has 7 nitrogen and oxygen atoms in total. The van der Waals surface area contributed by atoms with Crippen LogP contribution in [0.3, 0.4) is 0 Å². The number of benzene rings is 2. The van der Waals surface area contributed by atoms with Crippen LogP contribution in [0.2, 0.25) is 0 Å². The zero-order chi connectivity index (χ0) is 19.5. The molecule has 0 fully saturated rings. The van der Waals surface area contributed by atoms with E-state index < -0.39 is 0 Å². The minimum Gasteiger partial charge on any atom is -0.342 e. The minimum atomic E-state index is -0.0204. The number of amides is 1. The molecule has 2 aromatic carbocycles. The summed E-state index contributed by atoms with van der Waals surface area (Å²) in [6, 6.07) is 15.9. The van der Waals surface area contributed by atoms with Crippen LogP contribution in [0.25, 0.3) is 16.7 Å². The van der Waals surface area contributed by atoms with Crippen molar-refractivity contribution in [3.8, 4) is 5.69 Å². The van der Waals surface area contributed by atoms with Gasteiger partial charge in [0, 0.05) is 19.9 Å². The summed E-state index contributed by atoms with van der Waals surface area (Å²) in [7, 11) is 1.84. The molecule has 1 atom stereocenters. The van der Waals surface area contributed by atoms with Gasteiger partial charge in [-0.05, 0) is 36.8 Å². The number of nitrogens with one attached hydrogen (secondary N) is 1. The van der Waals surface area contributed by atoms with Crippen LogP contribution in [0.5, 0.6) is 0 Å². The van der Waals surface area contributed by atoms with Gasteiger partial charge in [0.25, 0.3) is 0 Å². The summed E-state index contributed by atoms with van der Waals surface area (Å²) >= 11 is 0. The second-order valence-corrected chi connectivity index (χ2v) is 6.81. The standard InChI is InChI=1S/C21H22N6O/c1-15(16-7-9-17(10-8-16)27-14-22-13-23-27)26(2)21(28)12-11-20-24-18-5-3-4-6-19(18)25-20/h3-10,13-15H,11-12H2,1-2H3,(H,24,25)/t15-/m0/s1. The quantitative estimate of drug-likeness (QED) is 0.562. The average Bonchev–Trinajstić information content (AvgIpc) is 3.40. The van der Waals surface area contributed by atoms with E-state index in [0.29, 0.717) is 12.8 Å². The number of hydrogen-bond donors (Lipinski definition) is 1. The Hall–Kier alpha value is -3.48. The Kier molecular flexibility index (Phi) is 4.89. The fraction of sp³-hybridized carbons (Fsp3) is 0.238. The summed E-state index contributed by atoms with van der Waals surface area (Å²) in [4.78, 5) is 26.2. The maximum Gasteiger partial charge on any atom is 0.223 e. The molecule has 0 bridgehead atoms. The Labute approximate surface area is 163 Å². The highest BCUT2D eigenvalue weighted by Crippen LogP contribution is 2.21. The first-order valence-electron chi connectivity index (χ1n) is 9.26. The molecule has 1 N–H and O–H groups in total. The molecule has 4 rings (SSSR count). The smallest absolute Gasteiger partial charge is 0.223 e. The first-order valence-corrected chi connectivity index (χ1v) is 9.26. The Morgan fingerprint density at radius 3 is 2.68 bits per heavy atom. The van der Waals surface area contributed by atoms with Crippen LogP contribution in [-0.2, 0) is 11.2 Å². The summed E-state index contributed by atoms with van der Waals surface area (Å²) in [5.74, 6) is 0.932.